The Labute approximate surface area is 101 Å². The van der Waals surface area contributed by atoms with Gasteiger partial charge in [0, 0.05) is 6.42 Å². The molecule has 0 amide bonds. The number of aliphatic hydroxyl groups excluding tert-OH is 1. The van der Waals surface area contributed by atoms with Gasteiger partial charge in [0.2, 0.25) is 0 Å². The fourth-order valence-corrected chi connectivity index (χ4v) is 1.52. The molecule has 0 saturated carbocycles. The zero-order valence-corrected chi connectivity index (χ0v) is 11.0. The maximum absolute atomic E-state index is 9.79. The van der Waals surface area contributed by atoms with Crippen LogP contribution in [0.15, 0.2) is 6.33 Å². The van der Waals surface area contributed by atoms with Gasteiger partial charge < -0.3 is 14.9 Å². The first kappa shape index (κ1) is 16.2. The van der Waals surface area contributed by atoms with E-state index >= 15 is 0 Å². The first-order valence-electron chi connectivity index (χ1n) is 5.45. The van der Waals surface area contributed by atoms with Crippen molar-refractivity contribution in [2.75, 3.05) is 0 Å². The van der Waals surface area contributed by atoms with Gasteiger partial charge in [-0.25, -0.2) is 4.98 Å². The zero-order valence-electron chi connectivity index (χ0n) is 10.00. The largest absolute Gasteiger partial charge is 0.392 e. The van der Waals surface area contributed by atoms with E-state index in [1.807, 2.05) is 0 Å². The number of rotatable bonds is 5. The maximum atomic E-state index is 9.79. The van der Waals surface area contributed by atoms with E-state index in [1.165, 1.54) is 6.33 Å². The molecular weight excluding hydrogens is 245 g/mol. The van der Waals surface area contributed by atoms with Crippen LogP contribution in [0, 0.1) is 5.92 Å². The van der Waals surface area contributed by atoms with Crippen molar-refractivity contribution >= 4 is 8.25 Å². The molecule has 1 rings (SSSR count). The van der Waals surface area contributed by atoms with E-state index in [1.54, 1.807) is 0 Å². The lowest BCUT2D eigenvalue weighted by Crippen LogP contribution is -2.22. The highest BCUT2D eigenvalue weighted by Gasteiger charge is 2.17. The molecule has 100 valence electrons. The summed E-state index contributed by atoms with van der Waals surface area (Å²) in [6.07, 6.45) is 3.78. The second-order valence-electron chi connectivity index (χ2n) is 3.55. The third-order valence-corrected chi connectivity index (χ3v) is 2.45. The maximum Gasteiger partial charge on any atom is 0.314 e. The Bertz CT molecular complexity index is 299. The van der Waals surface area contributed by atoms with Gasteiger partial charge >= 0.3 is 8.25 Å². The second kappa shape index (κ2) is 9.30. The van der Waals surface area contributed by atoms with Crippen molar-refractivity contribution < 1.29 is 19.5 Å². The Hall–Kier alpha value is -0.750. The molecule has 0 fully saturated rings. The fourth-order valence-electron chi connectivity index (χ4n) is 1.52. The van der Waals surface area contributed by atoms with Crippen molar-refractivity contribution in [1.82, 2.24) is 15.2 Å². The summed E-state index contributed by atoms with van der Waals surface area (Å²) in [4.78, 5) is 18.3. The molecule has 0 aliphatic rings. The summed E-state index contributed by atoms with van der Waals surface area (Å²) in [6.45, 7) is 4.19. The standard InChI is InChI=1S/C9H17N3O.H3O3P/c1-3-7(4-2)8(13)5-9-10-6-11-12-9;1-4(2)3/h6-8,13H,3-5H2,1-2H3,(H,10,11,12);4H,(H2,1,2,3). The van der Waals surface area contributed by atoms with Crippen LogP contribution >= 0.6 is 8.25 Å². The van der Waals surface area contributed by atoms with Crippen LogP contribution in [-0.2, 0) is 11.0 Å². The predicted molar refractivity (Wildman–Crippen MR) is 63.6 cm³/mol. The summed E-state index contributed by atoms with van der Waals surface area (Å²) < 4.78 is 8.74. The zero-order chi connectivity index (χ0) is 13.3. The smallest absolute Gasteiger partial charge is 0.314 e. The normalized spacial score (nSPS) is 12.4. The Morgan fingerprint density at radius 2 is 1.94 bits per heavy atom. The monoisotopic (exact) mass is 265 g/mol. The van der Waals surface area contributed by atoms with Crippen LogP contribution in [0.1, 0.15) is 32.5 Å². The van der Waals surface area contributed by atoms with Crippen LogP contribution in [-0.4, -0.2) is 36.2 Å². The van der Waals surface area contributed by atoms with Crippen molar-refractivity contribution in [2.45, 2.75) is 39.2 Å². The quantitative estimate of drug-likeness (QED) is 0.576. The second-order valence-corrected chi connectivity index (χ2v) is 4.11. The minimum atomic E-state index is -3.13. The van der Waals surface area contributed by atoms with Gasteiger partial charge in [0.05, 0.1) is 6.10 Å². The Morgan fingerprint density at radius 1 is 1.41 bits per heavy atom. The lowest BCUT2D eigenvalue weighted by molar-refractivity contribution is 0.101. The Balaban J connectivity index is 0.000000557. The number of nitrogens with one attached hydrogen (secondary N) is 1. The molecule has 1 unspecified atom stereocenters. The molecular formula is C9H20N3O4P. The molecule has 0 spiro atoms. The van der Waals surface area contributed by atoms with Crippen LogP contribution < -0.4 is 0 Å². The van der Waals surface area contributed by atoms with Crippen LogP contribution in [0.25, 0.3) is 0 Å². The van der Waals surface area contributed by atoms with Gasteiger partial charge in [0.1, 0.15) is 6.33 Å². The van der Waals surface area contributed by atoms with Gasteiger partial charge in [-0.15, -0.1) is 0 Å². The van der Waals surface area contributed by atoms with E-state index in [4.69, 9.17) is 14.4 Å². The van der Waals surface area contributed by atoms with Gasteiger partial charge in [-0.1, -0.05) is 26.7 Å². The van der Waals surface area contributed by atoms with Crippen LogP contribution in [0.2, 0.25) is 0 Å². The van der Waals surface area contributed by atoms with Gasteiger partial charge in [-0.3, -0.25) is 9.66 Å². The Kier molecular flexibility index (Phi) is 8.89. The average molecular weight is 265 g/mol. The van der Waals surface area contributed by atoms with Gasteiger partial charge in [0.15, 0.2) is 5.82 Å². The molecule has 8 heteroatoms. The summed E-state index contributed by atoms with van der Waals surface area (Å²) in [5.74, 6) is 1.05. The van der Waals surface area contributed by atoms with Crippen molar-refractivity contribution in [3.05, 3.63) is 12.2 Å². The van der Waals surface area contributed by atoms with Crippen molar-refractivity contribution in [3.63, 3.8) is 0 Å². The number of hydrogen-bond acceptors (Lipinski definition) is 4. The first-order chi connectivity index (χ1) is 8.01. The molecule has 4 N–H and O–H groups in total. The molecule has 1 heterocycles. The molecule has 7 nitrogen and oxygen atoms in total. The predicted octanol–water partition coefficient (Wildman–Crippen LogP) is 0.505. The van der Waals surface area contributed by atoms with Crippen LogP contribution in [0.3, 0.4) is 0 Å². The van der Waals surface area contributed by atoms with Crippen LogP contribution in [0.4, 0.5) is 0 Å². The third kappa shape index (κ3) is 8.04. The lowest BCUT2D eigenvalue weighted by atomic mass is 9.94. The van der Waals surface area contributed by atoms with E-state index in [9.17, 15) is 5.11 Å². The molecule has 0 aromatic carbocycles. The third-order valence-electron chi connectivity index (χ3n) is 2.45. The van der Waals surface area contributed by atoms with E-state index in [0.717, 1.165) is 12.8 Å². The van der Waals surface area contributed by atoms with Gasteiger partial charge in [-0.2, -0.15) is 5.10 Å². The molecule has 1 aromatic rings. The molecule has 0 bridgehead atoms. The van der Waals surface area contributed by atoms with E-state index < -0.39 is 8.25 Å². The molecule has 0 radical (unpaired) electrons. The van der Waals surface area contributed by atoms with Crippen molar-refractivity contribution in [1.29, 1.82) is 0 Å². The molecule has 17 heavy (non-hydrogen) atoms. The van der Waals surface area contributed by atoms with Crippen LogP contribution in [0.5, 0.6) is 0 Å². The highest BCUT2D eigenvalue weighted by molar-refractivity contribution is 7.30. The molecule has 1 atom stereocenters. The van der Waals surface area contributed by atoms with Gasteiger partial charge in [0.25, 0.3) is 0 Å². The van der Waals surface area contributed by atoms with E-state index in [-0.39, 0.29) is 6.10 Å². The molecule has 0 saturated heterocycles. The summed E-state index contributed by atoms with van der Waals surface area (Å²) in [6, 6.07) is 0. The SMILES string of the molecule is CCC(CC)C(O)Cc1nc[nH]n1.O=[PH](O)O. The number of nitrogens with zero attached hydrogens (tertiary/aromatic N) is 2. The summed E-state index contributed by atoms with van der Waals surface area (Å²) in [5, 5.41) is 16.3. The number of aromatic nitrogens is 3. The van der Waals surface area contributed by atoms with E-state index in [0.29, 0.717) is 18.2 Å². The van der Waals surface area contributed by atoms with Crippen molar-refractivity contribution in [3.8, 4) is 0 Å². The van der Waals surface area contributed by atoms with Crippen molar-refractivity contribution in [2.24, 2.45) is 5.92 Å². The summed E-state index contributed by atoms with van der Waals surface area (Å²) in [5.41, 5.74) is 0. The highest BCUT2D eigenvalue weighted by Crippen LogP contribution is 2.15. The van der Waals surface area contributed by atoms with Gasteiger partial charge in [-0.05, 0) is 5.92 Å². The molecule has 0 aliphatic heterocycles. The molecule has 1 aromatic heterocycles. The Morgan fingerprint density at radius 3 is 2.29 bits per heavy atom. The molecule has 0 aliphatic carbocycles. The van der Waals surface area contributed by atoms with E-state index in [2.05, 4.69) is 29.0 Å². The summed E-state index contributed by atoms with van der Waals surface area (Å²) >= 11 is 0. The number of aliphatic hydroxyl groups is 1. The number of H-pyrrole nitrogens is 1. The average Bonchev–Trinajstić information content (AvgIpc) is 2.71. The minimum Gasteiger partial charge on any atom is -0.392 e. The number of aromatic amines is 1. The lowest BCUT2D eigenvalue weighted by Gasteiger charge is -2.18. The highest BCUT2D eigenvalue weighted by atomic mass is 31.1. The fraction of sp³-hybridized carbons (Fsp3) is 0.778. The topological polar surface area (TPSA) is 119 Å². The summed E-state index contributed by atoms with van der Waals surface area (Å²) in [7, 11) is -3.13. The number of hydrogen-bond donors (Lipinski definition) is 4. The first-order valence-corrected chi connectivity index (χ1v) is 6.76. The minimum absolute atomic E-state index is 0.314.